The molecule has 1 aromatic heterocycles. The predicted octanol–water partition coefficient (Wildman–Crippen LogP) is 5.59. The van der Waals surface area contributed by atoms with Crippen molar-refractivity contribution < 1.29 is 22.0 Å². The van der Waals surface area contributed by atoms with Crippen LogP contribution in [0.4, 0.5) is 10.1 Å². The minimum absolute atomic E-state index is 0.139. The molecule has 1 amide bonds. The number of carbonyl (C=O) groups is 1. The molecule has 0 unspecified atom stereocenters. The number of sulfonamides is 1. The van der Waals surface area contributed by atoms with E-state index in [1.165, 1.54) is 22.7 Å². The molecule has 1 heterocycles. The summed E-state index contributed by atoms with van der Waals surface area (Å²) in [5, 5.41) is 3.68. The van der Waals surface area contributed by atoms with Crippen LogP contribution in [0.1, 0.15) is 57.1 Å². The third kappa shape index (κ3) is 5.88. The molecule has 0 atom stereocenters. The van der Waals surface area contributed by atoms with Crippen LogP contribution in [0, 0.1) is 5.82 Å². The first-order chi connectivity index (χ1) is 18.5. The maximum atomic E-state index is 13.4. The van der Waals surface area contributed by atoms with E-state index in [1.807, 2.05) is 31.3 Å². The molecule has 4 aromatic rings. The molecule has 0 aliphatic heterocycles. The minimum Gasteiger partial charge on any atom is -0.460 e. The maximum absolute atomic E-state index is 13.4. The Labute approximate surface area is 235 Å². The van der Waals surface area contributed by atoms with Gasteiger partial charge in [-0.2, -0.15) is 0 Å². The summed E-state index contributed by atoms with van der Waals surface area (Å²) >= 11 is 3.56. The Morgan fingerprint density at radius 1 is 1.13 bits per heavy atom. The van der Waals surface area contributed by atoms with Crippen molar-refractivity contribution in [3.63, 3.8) is 0 Å². The van der Waals surface area contributed by atoms with Gasteiger partial charge in [0, 0.05) is 28.9 Å². The van der Waals surface area contributed by atoms with E-state index in [0.29, 0.717) is 29.0 Å². The molecular weight excluding hydrogens is 585 g/mol. The number of halogens is 2. The van der Waals surface area contributed by atoms with Crippen molar-refractivity contribution in [2.45, 2.75) is 38.3 Å². The first-order valence-corrected chi connectivity index (χ1v) is 15.2. The van der Waals surface area contributed by atoms with Crippen molar-refractivity contribution in [2.24, 2.45) is 5.73 Å². The van der Waals surface area contributed by atoms with Crippen molar-refractivity contribution in [3.05, 3.63) is 98.5 Å². The highest BCUT2D eigenvalue weighted by Crippen LogP contribution is 2.47. The first-order valence-electron chi connectivity index (χ1n) is 12.6. The molecule has 204 valence electrons. The van der Waals surface area contributed by atoms with Crippen LogP contribution in [0.2, 0.25) is 0 Å². The van der Waals surface area contributed by atoms with Crippen LogP contribution in [0.15, 0.2) is 63.5 Å². The van der Waals surface area contributed by atoms with Gasteiger partial charge >= 0.3 is 0 Å². The van der Waals surface area contributed by atoms with E-state index in [-0.39, 0.29) is 30.3 Å². The topological polar surface area (TPSA) is 106 Å². The Balaban J connectivity index is 1.63. The van der Waals surface area contributed by atoms with Crippen LogP contribution in [-0.2, 0) is 29.5 Å². The SMILES string of the molecule is CNCc1cc(CN(c2cc3oc(Cc4ccc(F)cc4)c(C(N)=O)c3cc2C2CC2)S(C)(=O)=O)ccc1Br. The Morgan fingerprint density at radius 2 is 1.82 bits per heavy atom. The second kappa shape index (κ2) is 10.7. The third-order valence-electron chi connectivity index (χ3n) is 6.92. The molecule has 1 saturated carbocycles. The zero-order valence-corrected chi connectivity index (χ0v) is 24.0. The summed E-state index contributed by atoms with van der Waals surface area (Å²) in [5.74, 6) is -0.456. The fraction of sp³-hybridized carbons (Fsp3) is 0.276. The lowest BCUT2D eigenvalue weighted by Crippen LogP contribution is -2.30. The number of rotatable bonds is 10. The van der Waals surface area contributed by atoms with Gasteiger partial charge in [0.1, 0.15) is 17.2 Å². The quantitative estimate of drug-likeness (QED) is 0.243. The number of nitrogens with two attached hydrogens (primary N) is 1. The molecule has 0 bridgehead atoms. The number of hydrogen-bond acceptors (Lipinski definition) is 5. The second-order valence-corrected chi connectivity index (χ2v) is 12.7. The normalized spacial score (nSPS) is 13.6. The van der Waals surface area contributed by atoms with Crippen LogP contribution in [0.3, 0.4) is 0 Å². The van der Waals surface area contributed by atoms with Gasteiger partial charge in [-0.05, 0) is 72.3 Å². The Kier molecular flexibility index (Phi) is 7.54. The summed E-state index contributed by atoms with van der Waals surface area (Å²) in [6.07, 6.45) is 3.28. The smallest absolute Gasteiger partial charge is 0.252 e. The molecule has 0 spiro atoms. The van der Waals surface area contributed by atoms with Crippen LogP contribution < -0.4 is 15.4 Å². The summed E-state index contributed by atoms with van der Waals surface area (Å²) in [6, 6.07) is 15.3. The summed E-state index contributed by atoms with van der Waals surface area (Å²) < 4.78 is 48.2. The molecule has 39 heavy (non-hydrogen) atoms. The van der Waals surface area contributed by atoms with Crippen molar-refractivity contribution in [1.29, 1.82) is 0 Å². The van der Waals surface area contributed by atoms with Crippen molar-refractivity contribution in [2.75, 3.05) is 17.6 Å². The van der Waals surface area contributed by atoms with Gasteiger partial charge in [0.15, 0.2) is 0 Å². The molecule has 5 rings (SSSR count). The zero-order valence-electron chi connectivity index (χ0n) is 21.6. The molecule has 1 aliphatic rings. The highest BCUT2D eigenvalue weighted by molar-refractivity contribution is 9.10. The van der Waals surface area contributed by atoms with E-state index in [0.717, 1.165) is 39.6 Å². The van der Waals surface area contributed by atoms with Gasteiger partial charge in [0.05, 0.1) is 24.1 Å². The second-order valence-electron chi connectivity index (χ2n) is 9.97. The lowest BCUT2D eigenvalue weighted by molar-refractivity contribution is 0.1000. The molecule has 10 heteroatoms. The summed E-state index contributed by atoms with van der Waals surface area (Å²) in [6.45, 7) is 0.769. The largest absolute Gasteiger partial charge is 0.460 e. The lowest BCUT2D eigenvalue weighted by Gasteiger charge is -2.25. The fourth-order valence-electron chi connectivity index (χ4n) is 4.92. The molecule has 1 aliphatic carbocycles. The average molecular weight is 615 g/mol. The standard InChI is InChI=1S/C29H29BrFN3O4S/c1-33-15-20-11-18(5-10-24(20)30)16-34(39(2,36)37)25-14-26-23(13-22(25)19-6-7-19)28(29(32)35)27(38-26)12-17-3-8-21(31)9-4-17/h3-5,8-11,13-14,19,33H,6-7,12,15-16H2,1-2H3,(H2,32,35). The molecule has 0 saturated heterocycles. The average Bonchev–Trinajstić information content (AvgIpc) is 3.65. The number of hydrogen-bond donors (Lipinski definition) is 2. The van der Waals surface area contributed by atoms with Gasteiger partial charge in [-0.25, -0.2) is 12.8 Å². The van der Waals surface area contributed by atoms with Crippen LogP contribution in [-0.4, -0.2) is 27.6 Å². The number of amides is 1. The van der Waals surface area contributed by atoms with E-state index in [4.69, 9.17) is 10.2 Å². The minimum atomic E-state index is -3.68. The number of nitrogens with zero attached hydrogens (tertiary/aromatic N) is 1. The summed E-state index contributed by atoms with van der Waals surface area (Å²) in [7, 11) is -1.83. The maximum Gasteiger partial charge on any atom is 0.252 e. The van der Waals surface area contributed by atoms with Gasteiger partial charge in [0.25, 0.3) is 5.91 Å². The zero-order chi connectivity index (χ0) is 27.9. The first kappa shape index (κ1) is 27.4. The highest BCUT2D eigenvalue weighted by atomic mass is 79.9. The predicted molar refractivity (Wildman–Crippen MR) is 154 cm³/mol. The van der Waals surface area contributed by atoms with Crippen LogP contribution in [0.25, 0.3) is 11.0 Å². The monoisotopic (exact) mass is 613 g/mol. The summed E-state index contributed by atoms with van der Waals surface area (Å²) in [5.41, 5.74) is 10.4. The van der Waals surface area contributed by atoms with E-state index < -0.39 is 15.9 Å². The van der Waals surface area contributed by atoms with Crippen molar-refractivity contribution >= 4 is 48.5 Å². The van der Waals surface area contributed by atoms with Crippen LogP contribution >= 0.6 is 15.9 Å². The number of furan rings is 1. The Bertz CT molecular complexity index is 1660. The molecule has 3 N–H and O–H groups in total. The van der Waals surface area contributed by atoms with Crippen LogP contribution in [0.5, 0.6) is 0 Å². The number of carbonyl (C=O) groups excluding carboxylic acids is 1. The number of primary amides is 1. The number of anilines is 1. The fourth-order valence-corrected chi connectivity index (χ4v) is 6.20. The van der Waals surface area contributed by atoms with Gasteiger partial charge in [0.2, 0.25) is 10.0 Å². The van der Waals surface area contributed by atoms with E-state index in [9.17, 15) is 17.6 Å². The van der Waals surface area contributed by atoms with Gasteiger partial charge in [-0.3, -0.25) is 9.10 Å². The molecule has 1 fully saturated rings. The molecule has 3 aromatic carbocycles. The van der Waals surface area contributed by atoms with Gasteiger partial charge in [-0.15, -0.1) is 0 Å². The number of fused-ring (bicyclic) bond motifs is 1. The van der Waals surface area contributed by atoms with Gasteiger partial charge in [-0.1, -0.05) is 40.2 Å². The molecular formula is C29H29BrFN3O4S. The van der Waals surface area contributed by atoms with E-state index in [2.05, 4.69) is 21.2 Å². The van der Waals surface area contributed by atoms with Crippen molar-refractivity contribution in [3.8, 4) is 0 Å². The highest BCUT2D eigenvalue weighted by Gasteiger charge is 2.33. The molecule has 7 nitrogen and oxygen atoms in total. The van der Waals surface area contributed by atoms with E-state index >= 15 is 0 Å². The Hall–Kier alpha value is -3.21. The summed E-state index contributed by atoms with van der Waals surface area (Å²) in [4.78, 5) is 12.6. The van der Waals surface area contributed by atoms with Crippen molar-refractivity contribution in [1.82, 2.24) is 5.32 Å². The lowest BCUT2D eigenvalue weighted by atomic mass is 10.0. The van der Waals surface area contributed by atoms with Gasteiger partial charge < -0.3 is 15.5 Å². The number of benzene rings is 3. The van der Waals surface area contributed by atoms with E-state index in [1.54, 1.807) is 18.2 Å². The third-order valence-corrected chi connectivity index (χ3v) is 8.82. The Morgan fingerprint density at radius 3 is 2.44 bits per heavy atom. The number of nitrogens with one attached hydrogen (secondary N) is 1. The molecule has 0 radical (unpaired) electrons.